The van der Waals surface area contributed by atoms with Gasteiger partial charge >= 0.3 is 13.1 Å². The molecule has 0 aliphatic carbocycles. The Morgan fingerprint density at radius 3 is 2.30 bits per heavy atom. The number of carbonyl (C=O) groups is 3. The van der Waals surface area contributed by atoms with Gasteiger partial charge in [-0.25, -0.2) is 4.79 Å². The average Bonchev–Trinajstić information content (AvgIpc) is 3.25. The molecule has 0 aromatic heterocycles. The number of carboxylic acids is 1. The highest BCUT2D eigenvalue weighted by Gasteiger charge is 2.36. The van der Waals surface area contributed by atoms with Crippen molar-refractivity contribution in [3.8, 4) is 0 Å². The van der Waals surface area contributed by atoms with Crippen LogP contribution in [-0.2, 0) is 22.6 Å². The summed E-state index contributed by atoms with van der Waals surface area (Å²) in [7, 11) is 0.924. The van der Waals surface area contributed by atoms with E-state index in [2.05, 4.69) is 4.90 Å². The van der Waals surface area contributed by atoms with E-state index in [1.807, 2.05) is 11.9 Å². The van der Waals surface area contributed by atoms with Crippen LogP contribution in [0.2, 0.25) is 0 Å². The van der Waals surface area contributed by atoms with Gasteiger partial charge in [0.25, 0.3) is 11.8 Å². The van der Waals surface area contributed by atoms with E-state index in [0.29, 0.717) is 35.2 Å². The number of hydrogen-bond donors (Lipinski definition) is 2. The molecule has 2 aliphatic heterocycles. The Morgan fingerprint density at radius 1 is 1.05 bits per heavy atom. The molecule has 2 aromatic carbocycles. The number of benzene rings is 2. The average molecular weight is 507 g/mol. The quantitative estimate of drug-likeness (QED) is 0.545. The first kappa shape index (κ1) is 26.8. The van der Waals surface area contributed by atoms with E-state index in [-0.39, 0.29) is 25.0 Å². The number of amides is 2. The third-order valence-electron chi connectivity index (χ3n) is 7.30. The summed E-state index contributed by atoms with van der Waals surface area (Å²) in [6, 6.07) is 9.37. The number of fused-ring (bicyclic) bond motifs is 1. The molecule has 1 saturated heterocycles. The minimum absolute atomic E-state index is 0.0345. The first-order valence-electron chi connectivity index (χ1n) is 12.6. The summed E-state index contributed by atoms with van der Waals surface area (Å²) in [5, 5.41) is 20.3. The van der Waals surface area contributed by atoms with Crippen molar-refractivity contribution in [3.63, 3.8) is 0 Å². The van der Waals surface area contributed by atoms with E-state index in [0.717, 1.165) is 24.2 Å². The van der Waals surface area contributed by atoms with Gasteiger partial charge in [0.1, 0.15) is 6.04 Å². The number of piperazine rings is 1. The van der Waals surface area contributed by atoms with Crippen LogP contribution in [0.15, 0.2) is 36.4 Å². The van der Waals surface area contributed by atoms with Gasteiger partial charge in [-0.15, -0.1) is 0 Å². The largest absolute Gasteiger partial charge is 0.492 e. The van der Waals surface area contributed by atoms with E-state index in [1.54, 1.807) is 57.2 Å². The second-order valence-corrected chi connectivity index (χ2v) is 10.2. The lowest BCUT2D eigenvalue weighted by Gasteiger charge is -2.33. The van der Waals surface area contributed by atoms with E-state index in [9.17, 15) is 24.5 Å². The highest BCUT2D eigenvalue weighted by atomic mass is 16.5. The van der Waals surface area contributed by atoms with Gasteiger partial charge in [0.2, 0.25) is 0 Å². The van der Waals surface area contributed by atoms with Gasteiger partial charge in [-0.1, -0.05) is 32.0 Å². The smallest absolute Gasteiger partial charge is 0.480 e. The first-order valence-corrected chi connectivity index (χ1v) is 12.6. The fourth-order valence-corrected chi connectivity index (χ4v) is 5.11. The van der Waals surface area contributed by atoms with Crippen molar-refractivity contribution in [2.75, 3.05) is 33.2 Å². The third-order valence-corrected chi connectivity index (χ3v) is 7.30. The van der Waals surface area contributed by atoms with Crippen LogP contribution in [0, 0.1) is 12.8 Å². The second kappa shape index (κ2) is 11.0. The molecule has 10 heteroatoms. The Hall–Kier alpha value is -3.21. The molecule has 0 spiro atoms. The predicted molar refractivity (Wildman–Crippen MR) is 140 cm³/mol. The number of nitrogens with zero attached hydrogens (tertiary/aromatic N) is 3. The van der Waals surface area contributed by atoms with Crippen LogP contribution in [-0.4, -0.2) is 89.0 Å². The Kier molecular flexibility index (Phi) is 8.01. The molecular weight excluding hydrogens is 473 g/mol. The van der Waals surface area contributed by atoms with Crippen LogP contribution in [0.5, 0.6) is 0 Å². The number of aliphatic carboxylic acids is 1. The van der Waals surface area contributed by atoms with Crippen LogP contribution in [0.1, 0.15) is 51.3 Å². The van der Waals surface area contributed by atoms with Crippen LogP contribution in [0.4, 0.5) is 0 Å². The van der Waals surface area contributed by atoms with Crippen LogP contribution in [0.3, 0.4) is 0 Å². The fraction of sp³-hybridized carbons (Fsp3) is 0.444. The van der Waals surface area contributed by atoms with Gasteiger partial charge in [0.05, 0.1) is 6.61 Å². The maximum absolute atomic E-state index is 13.8. The van der Waals surface area contributed by atoms with Gasteiger partial charge in [0.15, 0.2) is 0 Å². The molecule has 0 bridgehead atoms. The number of carboxylic acid groups (broad SMARTS) is 1. The summed E-state index contributed by atoms with van der Waals surface area (Å²) in [6.07, 6.45) is 0. The standard InChI is InChI=1S/C27H34BN3O6/c1-17(2)24(27(34)35)31(26(33)22-10-9-21-16-37-28(36)23(21)18(22)3)15-19-5-7-20(8-6-19)25(32)30-13-11-29(4)12-14-30/h5-10,17,24,36H,11-16H2,1-4H3,(H,34,35). The lowest BCUT2D eigenvalue weighted by molar-refractivity contribution is -0.144. The Labute approximate surface area is 217 Å². The predicted octanol–water partition coefficient (Wildman–Crippen LogP) is 1.35. The summed E-state index contributed by atoms with van der Waals surface area (Å²) < 4.78 is 5.30. The molecular formula is C27H34BN3O6. The van der Waals surface area contributed by atoms with Crippen molar-refractivity contribution in [2.24, 2.45) is 5.92 Å². The molecule has 2 aromatic rings. The van der Waals surface area contributed by atoms with Crippen molar-refractivity contribution in [2.45, 2.75) is 40.0 Å². The molecule has 9 nitrogen and oxygen atoms in total. The zero-order chi connectivity index (χ0) is 26.9. The van der Waals surface area contributed by atoms with Crippen molar-refractivity contribution in [3.05, 3.63) is 64.2 Å². The zero-order valence-corrected chi connectivity index (χ0v) is 21.8. The zero-order valence-electron chi connectivity index (χ0n) is 21.8. The van der Waals surface area contributed by atoms with Gasteiger partial charge in [-0.2, -0.15) is 0 Å². The highest BCUT2D eigenvalue weighted by Crippen LogP contribution is 2.23. The molecule has 1 unspecified atom stereocenters. The minimum Gasteiger partial charge on any atom is -0.480 e. The van der Waals surface area contributed by atoms with E-state index in [1.165, 1.54) is 4.90 Å². The minimum atomic E-state index is -1.11. The number of hydrogen-bond acceptors (Lipinski definition) is 6. The molecule has 0 radical (unpaired) electrons. The molecule has 2 heterocycles. The normalized spacial score (nSPS) is 16.6. The highest BCUT2D eigenvalue weighted by molar-refractivity contribution is 6.62. The maximum atomic E-state index is 13.8. The molecule has 37 heavy (non-hydrogen) atoms. The molecule has 2 N–H and O–H groups in total. The van der Waals surface area contributed by atoms with E-state index < -0.39 is 25.0 Å². The van der Waals surface area contributed by atoms with E-state index in [4.69, 9.17) is 4.65 Å². The SMILES string of the molecule is Cc1c(C(=O)N(Cc2ccc(C(=O)N3CCN(C)CC3)cc2)C(C(=O)O)C(C)C)ccc2c1B(O)OC2. The summed E-state index contributed by atoms with van der Waals surface area (Å²) in [4.78, 5) is 44.4. The molecule has 196 valence electrons. The monoisotopic (exact) mass is 507 g/mol. The summed E-state index contributed by atoms with van der Waals surface area (Å²) in [6.45, 7) is 8.61. The van der Waals surface area contributed by atoms with Gasteiger partial charge in [-0.05, 0) is 60.2 Å². The fourth-order valence-electron chi connectivity index (χ4n) is 5.11. The van der Waals surface area contributed by atoms with Gasteiger partial charge in [-0.3, -0.25) is 9.59 Å². The third kappa shape index (κ3) is 5.56. The molecule has 2 amide bonds. The van der Waals surface area contributed by atoms with E-state index >= 15 is 0 Å². The molecule has 4 rings (SSSR count). The Bertz CT molecular complexity index is 1180. The molecule has 1 atom stereocenters. The molecule has 2 aliphatic rings. The van der Waals surface area contributed by atoms with Crippen molar-refractivity contribution < 1.29 is 29.2 Å². The molecule has 1 fully saturated rings. The van der Waals surface area contributed by atoms with Crippen molar-refractivity contribution in [1.29, 1.82) is 0 Å². The molecule has 0 saturated carbocycles. The number of likely N-dealkylation sites (N-methyl/N-ethyl adjacent to an activating group) is 1. The lowest BCUT2D eigenvalue weighted by Crippen LogP contribution is -2.48. The van der Waals surface area contributed by atoms with Crippen LogP contribution >= 0.6 is 0 Å². The number of carbonyl (C=O) groups excluding carboxylic acids is 2. The van der Waals surface area contributed by atoms with Gasteiger partial charge in [0, 0.05) is 43.9 Å². The van der Waals surface area contributed by atoms with Crippen molar-refractivity contribution in [1.82, 2.24) is 14.7 Å². The number of rotatable bonds is 7. The van der Waals surface area contributed by atoms with Crippen molar-refractivity contribution >= 4 is 30.4 Å². The maximum Gasteiger partial charge on any atom is 0.492 e. The Balaban J connectivity index is 1.60. The van der Waals surface area contributed by atoms with Gasteiger partial charge < -0.3 is 29.5 Å². The van der Waals surface area contributed by atoms with Crippen LogP contribution in [0.25, 0.3) is 0 Å². The summed E-state index contributed by atoms with van der Waals surface area (Å²) >= 11 is 0. The lowest BCUT2D eigenvalue weighted by atomic mass is 9.75. The Morgan fingerprint density at radius 2 is 1.70 bits per heavy atom. The topological polar surface area (TPSA) is 111 Å². The van der Waals surface area contributed by atoms with Crippen LogP contribution < -0.4 is 5.46 Å². The second-order valence-electron chi connectivity index (χ2n) is 10.2. The summed E-state index contributed by atoms with van der Waals surface area (Å²) in [5.74, 6) is -1.90. The summed E-state index contributed by atoms with van der Waals surface area (Å²) in [5.41, 5.74) is 3.57. The first-order chi connectivity index (χ1) is 17.6.